The van der Waals surface area contributed by atoms with E-state index in [2.05, 4.69) is 9.97 Å². The first kappa shape index (κ1) is 25.3. The van der Waals surface area contributed by atoms with E-state index in [4.69, 9.17) is 4.74 Å². The van der Waals surface area contributed by atoms with Crippen LogP contribution >= 0.6 is 11.8 Å². The van der Waals surface area contributed by atoms with Crippen LogP contribution in [0, 0.1) is 0 Å². The number of carboxylic acid groups (broad SMARTS) is 1. The topological polar surface area (TPSA) is 99.1 Å². The van der Waals surface area contributed by atoms with E-state index in [1.165, 1.54) is 23.7 Å². The lowest BCUT2D eigenvalue weighted by atomic mass is 10.1. The molecule has 1 aromatic heterocycles. The first-order chi connectivity index (χ1) is 17.4. The molecule has 2 aromatic carbocycles. The van der Waals surface area contributed by atoms with Crippen molar-refractivity contribution in [2.45, 2.75) is 17.7 Å². The summed E-state index contributed by atoms with van der Waals surface area (Å²) in [4.78, 5) is 38.8. The number of thioether (sulfide) groups is 1. The van der Waals surface area contributed by atoms with Gasteiger partial charge in [0.2, 0.25) is 0 Å². The molecule has 0 bridgehead atoms. The molecule has 1 atom stereocenters. The minimum absolute atomic E-state index is 0.195. The number of likely N-dealkylation sites (N-methyl/N-ethyl adjacent to an activating group) is 1. The molecule has 0 spiro atoms. The van der Waals surface area contributed by atoms with Crippen LogP contribution in [0.15, 0.2) is 66.0 Å². The number of fused-ring (bicyclic) bond motifs is 1. The molecule has 0 fully saturated rings. The zero-order valence-electron chi connectivity index (χ0n) is 20.5. The van der Waals surface area contributed by atoms with Crippen molar-refractivity contribution in [3.05, 3.63) is 71.9 Å². The predicted molar refractivity (Wildman–Crippen MR) is 140 cm³/mol. The molecule has 188 valence electrons. The number of carbonyl (C=O) groups is 2. The lowest BCUT2D eigenvalue weighted by molar-refractivity contribution is 0.0986. The van der Waals surface area contributed by atoms with Gasteiger partial charge in [-0.3, -0.25) is 4.79 Å². The van der Waals surface area contributed by atoms with Gasteiger partial charge in [-0.15, -0.1) is 0 Å². The largest absolute Gasteiger partial charge is 0.483 e. The first-order valence-electron chi connectivity index (χ1n) is 11.6. The van der Waals surface area contributed by atoms with Crippen LogP contribution < -0.4 is 14.5 Å². The van der Waals surface area contributed by atoms with Gasteiger partial charge in [-0.25, -0.2) is 14.8 Å². The Kier molecular flexibility index (Phi) is 7.94. The van der Waals surface area contributed by atoms with Crippen molar-refractivity contribution in [3.8, 4) is 5.75 Å². The average molecular weight is 508 g/mol. The van der Waals surface area contributed by atoms with Crippen LogP contribution in [0.3, 0.4) is 0 Å². The normalized spacial score (nSPS) is 14.1. The van der Waals surface area contributed by atoms with Gasteiger partial charge in [0.15, 0.2) is 5.16 Å². The molecule has 0 radical (unpaired) electrons. The molecular weight excluding hydrogens is 478 g/mol. The number of rotatable bonds is 8. The Morgan fingerprint density at radius 3 is 2.61 bits per heavy atom. The van der Waals surface area contributed by atoms with Crippen molar-refractivity contribution in [3.63, 3.8) is 0 Å². The number of para-hydroxylation sites is 2. The molecule has 0 aliphatic carbocycles. The maximum absolute atomic E-state index is 13.7. The molecule has 1 aliphatic rings. The Morgan fingerprint density at radius 1 is 1.17 bits per heavy atom. The van der Waals surface area contributed by atoms with Crippen LogP contribution in [0.1, 0.15) is 28.4 Å². The highest BCUT2D eigenvalue weighted by Gasteiger charge is 2.30. The van der Waals surface area contributed by atoms with E-state index >= 15 is 0 Å². The van der Waals surface area contributed by atoms with Crippen molar-refractivity contribution < 1.29 is 19.4 Å². The number of ether oxygens (including phenoxy) is 1. The summed E-state index contributed by atoms with van der Waals surface area (Å²) < 4.78 is 6.49. The van der Waals surface area contributed by atoms with Gasteiger partial charge in [0.25, 0.3) is 5.91 Å². The summed E-state index contributed by atoms with van der Waals surface area (Å²) in [6, 6.07) is 17.1. The fourth-order valence-electron chi connectivity index (χ4n) is 4.03. The Morgan fingerprint density at radius 2 is 1.89 bits per heavy atom. The van der Waals surface area contributed by atoms with E-state index in [-0.39, 0.29) is 5.91 Å². The van der Waals surface area contributed by atoms with Crippen LogP contribution in [0.25, 0.3) is 0 Å². The first-order valence-corrected chi connectivity index (χ1v) is 12.8. The molecule has 3 aromatic rings. The van der Waals surface area contributed by atoms with Gasteiger partial charge in [0.1, 0.15) is 23.2 Å². The molecule has 1 aliphatic heterocycles. The summed E-state index contributed by atoms with van der Waals surface area (Å²) in [6.45, 7) is 1.33. The number of carbonyl (C=O) groups excluding carboxylic acids is 1. The summed E-state index contributed by atoms with van der Waals surface area (Å²) in [5.41, 5.74) is 2.01. The van der Waals surface area contributed by atoms with Crippen LogP contribution in [-0.4, -0.2) is 72.0 Å². The second-order valence-corrected chi connectivity index (χ2v) is 9.22. The Labute approximate surface area is 214 Å². The number of hydrogen-bond donors (Lipinski definition) is 1. The molecule has 1 unspecified atom stereocenters. The van der Waals surface area contributed by atoms with Gasteiger partial charge >= 0.3 is 6.09 Å². The van der Waals surface area contributed by atoms with E-state index in [1.54, 1.807) is 11.1 Å². The quantitative estimate of drug-likeness (QED) is 0.354. The summed E-state index contributed by atoms with van der Waals surface area (Å²) in [5.74, 6) is 0.962. The number of amides is 2. The van der Waals surface area contributed by atoms with E-state index in [0.29, 0.717) is 54.0 Å². The second-order valence-electron chi connectivity index (χ2n) is 8.45. The maximum atomic E-state index is 13.7. The molecule has 4 rings (SSSR count). The highest BCUT2D eigenvalue weighted by atomic mass is 32.2. The third kappa shape index (κ3) is 5.54. The average Bonchev–Trinajstić information content (AvgIpc) is 3.02. The highest BCUT2D eigenvalue weighted by Crippen LogP contribution is 2.36. The monoisotopic (exact) mass is 507 g/mol. The van der Waals surface area contributed by atoms with Gasteiger partial charge < -0.3 is 24.5 Å². The van der Waals surface area contributed by atoms with Crippen LogP contribution in [0.5, 0.6) is 5.75 Å². The fourth-order valence-corrected chi connectivity index (χ4v) is 4.37. The predicted octanol–water partition coefficient (Wildman–Crippen LogP) is 4.42. The minimum Gasteiger partial charge on any atom is -0.483 e. The Balaban J connectivity index is 1.66. The maximum Gasteiger partial charge on any atom is 0.407 e. The lowest BCUT2D eigenvalue weighted by Gasteiger charge is -2.27. The highest BCUT2D eigenvalue weighted by molar-refractivity contribution is 7.98. The van der Waals surface area contributed by atoms with Crippen molar-refractivity contribution in [1.29, 1.82) is 0 Å². The summed E-state index contributed by atoms with van der Waals surface area (Å²) in [6.07, 6.45) is 2.54. The molecule has 2 amide bonds. The second kappa shape index (κ2) is 11.3. The van der Waals surface area contributed by atoms with Crippen LogP contribution in [0.4, 0.5) is 16.3 Å². The third-order valence-corrected chi connectivity index (χ3v) is 6.64. The molecule has 9 nitrogen and oxygen atoms in total. The van der Waals surface area contributed by atoms with Crippen molar-refractivity contribution in [2.24, 2.45) is 0 Å². The van der Waals surface area contributed by atoms with E-state index < -0.39 is 12.2 Å². The summed E-state index contributed by atoms with van der Waals surface area (Å²) in [7, 11) is 3.45. The summed E-state index contributed by atoms with van der Waals surface area (Å²) >= 11 is 1.43. The third-order valence-electron chi connectivity index (χ3n) is 6.08. The van der Waals surface area contributed by atoms with Gasteiger partial charge in [-0.1, -0.05) is 54.2 Å². The lowest BCUT2D eigenvalue weighted by Crippen LogP contribution is -2.34. The minimum atomic E-state index is -0.994. The van der Waals surface area contributed by atoms with Gasteiger partial charge in [0, 0.05) is 46.3 Å². The van der Waals surface area contributed by atoms with Crippen LogP contribution in [0.2, 0.25) is 0 Å². The molecule has 10 heteroatoms. The van der Waals surface area contributed by atoms with Crippen molar-refractivity contribution >= 4 is 35.3 Å². The Hall–Kier alpha value is -3.79. The van der Waals surface area contributed by atoms with E-state index in [1.807, 2.05) is 72.8 Å². The fraction of sp³-hybridized carbons (Fsp3) is 0.308. The van der Waals surface area contributed by atoms with Crippen molar-refractivity contribution in [1.82, 2.24) is 14.9 Å². The molecule has 2 heterocycles. The zero-order valence-corrected chi connectivity index (χ0v) is 21.3. The molecule has 0 saturated heterocycles. The standard InChI is InChI=1S/C26H29N5O4S/c1-29-15-16-31(24(32)19-17-27-25(36-3)28-23(19)29)20-11-7-8-12-22(20)35-21(13-14-30(2)26(33)34)18-9-5-4-6-10-18/h4-12,17,21H,13-16H2,1-3H3,(H,33,34). The van der Waals surface area contributed by atoms with Gasteiger partial charge in [-0.2, -0.15) is 0 Å². The number of nitrogens with zero attached hydrogens (tertiary/aromatic N) is 5. The zero-order chi connectivity index (χ0) is 25.7. The molecule has 1 N–H and O–H groups in total. The van der Waals surface area contributed by atoms with Gasteiger partial charge in [0.05, 0.1) is 5.69 Å². The van der Waals surface area contributed by atoms with Crippen molar-refractivity contribution in [2.75, 3.05) is 49.8 Å². The summed E-state index contributed by atoms with van der Waals surface area (Å²) in [5, 5.41) is 9.90. The Bertz CT molecular complexity index is 1230. The molecular formula is C26H29N5O4S. The number of anilines is 2. The van der Waals surface area contributed by atoms with Gasteiger partial charge in [-0.05, 0) is 24.0 Å². The van der Waals surface area contributed by atoms with Crippen LogP contribution in [-0.2, 0) is 0 Å². The SMILES string of the molecule is CSc1ncc2c(n1)N(C)CCN(c1ccccc1OC(CCN(C)C(=O)O)c1ccccc1)C2=O. The smallest absolute Gasteiger partial charge is 0.407 e. The van der Waals surface area contributed by atoms with E-state index in [9.17, 15) is 14.7 Å². The number of aromatic nitrogens is 2. The molecule has 0 saturated carbocycles. The molecule has 36 heavy (non-hydrogen) atoms. The van der Waals surface area contributed by atoms with E-state index in [0.717, 1.165) is 5.56 Å². The number of benzene rings is 2. The number of hydrogen-bond acceptors (Lipinski definition) is 7.